The minimum absolute atomic E-state index is 0.0950. The molecule has 1 N–H and O–H groups in total. The molecule has 2 aromatic carbocycles. The Bertz CT molecular complexity index is 718. The molecule has 0 radical (unpaired) electrons. The van der Waals surface area contributed by atoms with Crippen molar-refractivity contribution in [1.82, 2.24) is 15.1 Å². The molecule has 1 aliphatic rings. The van der Waals surface area contributed by atoms with Crippen LogP contribution in [0.3, 0.4) is 0 Å². The lowest BCUT2D eigenvalue weighted by molar-refractivity contribution is -0.122. The van der Waals surface area contributed by atoms with Crippen molar-refractivity contribution in [2.45, 2.75) is 25.6 Å². The zero-order valence-corrected chi connectivity index (χ0v) is 16.2. The van der Waals surface area contributed by atoms with Crippen molar-refractivity contribution in [3.8, 4) is 5.75 Å². The zero-order chi connectivity index (χ0) is 19.1. The van der Waals surface area contributed by atoms with Crippen LogP contribution in [0, 0.1) is 0 Å². The predicted molar refractivity (Wildman–Crippen MR) is 108 cm³/mol. The number of hydrogen-bond acceptors (Lipinski definition) is 4. The van der Waals surface area contributed by atoms with Crippen LogP contribution in [-0.2, 0) is 17.9 Å². The van der Waals surface area contributed by atoms with E-state index in [-0.39, 0.29) is 11.9 Å². The second kappa shape index (κ2) is 9.53. The lowest BCUT2D eigenvalue weighted by Crippen LogP contribution is -2.42. The van der Waals surface area contributed by atoms with Gasteiger partial charge in [-0.3, -0.25) is 14.6 Å². The summed E-state index contributed by atoms with van der Waals surface area (Å²) in [5.74, 6) is 0.943. The Labute approximate surface area is 161 Å². The van der Waals surface area contributed by atoms with Crippen molar-refractivity contribution in [2.75, 3.05) is 33.8 Å². The third-order valence-electron chi connectivity index (χ3n) is 4.91. The van der Waals surface area contributed by atoms with Crippen LogP contribution in [0.25, 0.3) is 0 Å². The summed E-state index contributed by atoms with van der Waals surface area (Å²) in [6.07, 6.45) is 1.01. The Kier molecular flexibility index (Phi) is 6.85. The van der Waals surface area contributed by atoms with E-state index in [1.165, 1.54) is 11.1 Å². The van der Waals surface area contributed by atoms with E-state index in [1.54, 1.807) is 7.11 Å². The Morgan fingerprint density at radius 3 is 2.59 bits per heavy atom. The minimum Gasteiger partial charge on any atom is -0.497 e. The molecule has 27 heavy (non-hydrogen) atoms. The summed E-state index contributed by atoms with van der Waals surface area (Å²) >= 11 is 0. The molecule has 2 aromatic rings. The number of benzene rings is 2. The normalized spacial score (nSPS) is 17.2. The van der Waals surface area contributed by atoms with Crippen LogP contribution < -0.4 is 10.1 Å². The van der Waals surface area contributed by atoms with Gasteiger partial charge in [-0.15, -0.1) is 0 Å². The van der Waals surface area contributed by atoms with E-state index in [4.69, 9.17) is 4.74 Å². The smallest absolute Gasteiger partial charge is 0.234 e. The topological polar surface area (TPSA) is 44.8 Å². The quantitative estimate of drug-likeness (QED) is 0.779. The summed E-state index contributed by atoms with van der Waals surface area (Å²) in [5.41, 5.74) is 2.49. The third kappa shape index (κ3) is 6.08. The number of hydrogen-bond donors (Lipinski definition) is 1. The second-order valence-electron chi connectivity index (χ2n) is 7.29. The largest absolute Gasteiger partial charge is 0.497 e. The lowest BCUT2D eigenvalue weighted by atomic mass is 10.2. The molecule has 1 amide bonds. The van der Waals surface area contributed by atoms with Crippen molar-refractivity contribution in [2.24, 2.45) is 0 Å². The van der Waals surface area contributed by atoms with Gasteiger partial charge in [0.05, 0.1) is 13.7 Å². The van der Waals surface area contributed by atoms with Crippen molar-refractivity contribution in [1.29, 1.82) is 0 Å². The van der Waals surface area contributed by atoms with Gasteiger partial charge in [-0.25, -0.2) is 0 Å². The fourth-order valence-corrected chi connectivity index (χ4v) is 3.55. The maximum absolute atomic E-state index is 12.4. The summed E-state index contributed by atoms with van der Waals surface area (Å²) in [7, 11) is 3.63. The van der Waals surface area contributed by atoms with Gasteiger partial charge in [0.2, 0.25) is 5.91 Å². The molecule has 0 saturated carbocycles. The molecule has 0 spiro atoms. The van der Waals surface area contributed by atoms with Gasteiger partial charge in [-0.1, -0.05) is 42.5 Å². The van der Waals surface area contributed by atoms with Crippen LogP contribution >= 0.6 is 0 Å². The first-order valence-electron chi connectivity index (χ1n) is 9.49. The molecule has 1 fully saturated rings. The van der Waals surface area contributed by atoms with Crippen LogP contribution in [0.15, 0.2) is 54.6 Å². The number of likely N-dealkylation sites (N-methyl/N-ethyl adjacent to an activating group) is 1. The second-order valence-corrected chi connectivity index (χ2v) is 7.29. The van der Waals surface area contributed by atoms with Gasteiger partial charge in [0.1, 0.15) is 5.75 Å². The Balaban J connectivity index is 1.39. The molecular formula is C22H29N3O2. The molecule has 3 rings (SSSR count). The highest BCUT2D eigenvalue weighted by atomic mass is 16.5. The average molecular weight is 367 g/mol. The van der Waals surface area contributed by atoms with E-state index in [2.05, 4.69) is 34.5 Å². The van der Waals surface area contributed by atoms with E-state index < -0.39 is 0 Å². The number of carbonyl (C=O) groups is 1. The number of amides is 1. The van der Waals surface area contributed by atoms with Crippen LogP contribution in [0.5, 0.6) is 5.75 Å². The van der Waals surface area contributed by atoms with Crippen molar-refractivity contribution < 1.29 is 9.53 Å². The van der Waals surface area contributed by atoms with Crippen molar-refractivity contribution in [3.63, 3.8) is 0 Å². The van der Waals surface area contributed by atoms with E-state index in [9.17, 15) is 4.79 Å². The molecule has 0 bridgehead atoms. The lowest BCUT2D eigenvalue weighted by Gasteiger charge is -2.19. The van der Waals surface area contributed by atoms with Gasteiger partial charge in [0.15, 0.2) is 0 Å². The zero-order valence-electron chi connectivity index (χ0n) is 16.2. The van der Waals surface area contributed by atoms with Crippen LogP contribution in [0.1, 0.15) is 17.5 Å². The fourth-order valence-electron chi connectivity index (χ4n) is 3.55. The number of rotatable bonds is 8. The van der Waals surface area contributed by atoms with E-state index in [0.717, 1.165) is 38.3 Å². The first-order valence-corrected chi connectivity index (χ1v) is 9.49. The maximum atomic E-state index is 12.4. The van der Waals surface area contributed by atoms with Crippen molar-refractivity contribution >= 4 is 5.91 Å². The predicted octanol–water partition coefficient (Wildman–Crippen LogP) is 2.52. The monoisotopic (exact) mass is 367 g/mol. The highest BCUT2D eigenvalue weighted by molar-refractivity contribution is 5.78. The molecule has 1 atom stereocenters. The Morgan fingerprint density at radius 1 is 1.15 bits per heavy atom. The number of methoxy groups -OCH3 is 1. The first-order chi connectivity index (χ1) is 13.1. The van der Waals surface area contributed by atoms with Gasteiger partial charge in [-0.2, -0.15) is 0 Å². The number of likely N-dealkylation sites (tertiary alicyclic amines) is 1. The molecule has 1 heterocycles. The first kappa shape index (κ1) is 19.4. The minimum atomic E-state index is 0.0950. The number of carbonyl (C=O) groups excluding carboxylic acids is 1. The number of ether oxygens (including phenoxy) is 1. The molecule has 0 aromatic heterocycles. The van der Waals surface area contributed by atoms with Gasteiger partial charge >= 0.3 is 0 Å². The van der Waals surface area contributed by atoms with E-state index in [1.807, 2.05) is 42.3 Å². The molecule has 5 heteroatoms. The third-order valence-corrected chi connectivity index (χ3v) is 4.91. The standard InChI is InChI=1S/C22H29N3O2/c1-24(14-19-8-10-21(27-2)11-9-19)17-22(26)23-20-12-13-25(16-20)15-18-6-4-3-5-7-18/h3-11,20H,12-17H2,1-2H3,(H,23,26)/t20-/m1/s1. The highest BCUT2D eigenvalue weighted by Crippen LogP contribution is 2.14. The summed E-state index contributed by atoms with van der Waals surface area (Å²) in [6, 6.07) is 18.7. The van der Waals surface area contributed by atoms with Crippen LogP contribution in [0.4, 0.5) is 0 Å². The van der Waals surface area contributed by atoms with Gasteiger partial charge < -0.3 is 10.1 Å². The van der Waals surface area contributed by atoms with Gasteiger partial charge in [0.25, 0.3) is 0 Å². The van der Waals surface area contributed by atoms with Gasteiger partial charge in [0, 0.05) is 32.2 Å². The van der Waals surface area contributed by atoms with Crippen molar-refractivity contribution in [3.05, 3.63) is 65.7 Å². The molecule has 0 aliphatic carbocycles. The average Bonchev–Trinajstić information content (AvgIpc) is 3.09. The SMILES string of the molecule is COc1ccc(CN(C)CC(=O)N[C@@H]2CCN(Cc3ccccc3)C2)cc1. The maximum Gasteiger partial charge on any atom is 0.234 e. The number of nitrogens with zero attached hydrogens (tertiary/aromatic N) is 2. The summed E-state index contributed by atoms with van der Waals surface area (Å²) < 4.78 is 5.18. The Hall–Kier alpha value is -2.37. The fraction of sp³-hybridized carbons (Fsp3) is 0.409. The summed E-state index contributed by atoms with van der Waals surface area (Å²) in [4.78, 5) is 16.8. The van der Waals surface area contributed by atoms with Crippen LogP contribution in [0.2, 0.25) is 0 Å². The molecule has 144 valence electrons. The van der Waals surface area contributed by atoms with Crippen LogP contribution in [-0.4, -0.2) is 55.5 Å². The summed E-state index contributed by atoms with van der Waals surface area (Å²) in [6.45, 7) is 4.04. The summed E-state index contributed by atoms with van der Waals surface area (Å²) in [5, 5.41) is 3.19. The molecule has 0 unspecified atom stereocenters. The number of nitrogens with one attached hydrogen (secondary N) is 1. The molecular weight excluding hydrogens is 338 g/mol. The van der Waals surface area contributed by atoms with Gasteiger partial charge in [-0.05, 0) is 36.7 Å². The molecule has 1 saturated heterocycles. The highest BCUT2D eigenvalue weighted by Gasteiger charge is 2.24. The van der Waals surface area contributed by atoms with E-state index >= 15 is 0 Å². The molecule has 1 aliphatic heterocycles. The Morgan fingerprint density at radius 2 is 1.89 bits per heavy atom. The molecule has 5 nitrogen and oxygen atoms in total. The van der Waals surface area contributed by atoms with E-state index in [0.29, 0.717) is 6.54 Å².